The molecule has 0 saturated carbocycles. The summed E-state index contributed by atoms with van der Waals surface area (Å²) in [6.07, 6.45) is 2.63. The molecule has 0 atom stereocenters. The average molecular weight is 289 g/mol. The molecule has 0 bridgehead atoms. The Bertz CT molecular complexity index is 630. The number of hydrogen-bond acceptors (Lipinski definition) is 5. The molecular weight excluding hydrogens is 270 g/mol. The van der Waals surface area contributed by atoms with Gasteiger partial charge in [-0.2, -0.15) is 0 Å². The molecule has 8 heteroatoms. The minimum Gasteiger partial charge on any atom is -0.314 e. The fraction of sp³-hybridized carbons (Fsp3) is 0.636. The smallest absolute Gasteiger partial charge is 0.314 e. The highest BCUT2D eigenvalue weighted by molar-refractivity contribution is 7.90. The van der Waals surface area contributed by atoms with Crippen molar-refractivity contribution in [2.24, 2.45) is 0 Å². The second-order valence-electron chi connectivity index (χ2n) is 4.25. The van der Waals surface area contributed by atoms with Crippen LogP contribution >= 0.6 is 0 Å². The van der Waals surface area contributed by atoms with Crippen molar-refractivity contribution >= 4 is 9.84 Å². The third-order valence-electron chi connectivity index (χ3n) is 2.64. The minimum absolute atomic E-state index is 0.0376. The van der Waals surface area contributed by atoms with Gasteiger partial charge >= 0.3 is 5.69 Å². The van der Waals surface area contributed by atoms with Crippen LogP contribution in [-0.4, -0.2) is 42.7 Å². The molecule has 0 spiro atoms. The fourth-order valence-corrected chi connectivity index (χ4v) is 2.09. The Morgan fingerprint density at radius 2 is 1.95 bits per heavy atom. The number of nitrogens with one attached hydrogen (secondary N) is 1. The summed E-state index contributed by atoms with van der Waals surface area (Å²) in [6, 6.07) is 1.35. The number of nitrogens with zero attached hydrogens (tertiary/aromatic N) is 2. The van der Waals surface area contributed by atoms with E-state index in [0.29, 0.717) is 19.6 Å². The van der Waals surface area contributed by atoms with Crippen molar-refractivity contribution in [3.63, 3.8) is 0 Å². The van der Waals surface area contributed by atoms with Crippen molar-refractivity contribution < 1.29 is 8.42 Å². The first-order chi connectivity index (χ1) is 8.85. The molecule has 0 fully saturated rings. The second-order valence-corrected chi connectivity index (χ2v) is 6.51. The Kier molecular flexibility index (Phi) is 5.49. The number of hydrogen-bond donors (Lipinski definition) is 1. The van der Waals surface area contributed by atoms with Crippen molar-refractivity contribution in [2.75, 3.05) is 25.1 Å². The average Bonchev–Trinajstić information content (AvgIpc) is 2.31. The summed E-state index contributed by atoms with van der Waals surface area (Å²) in [6.45, 7) is 3.23. The van der Waals surface area contributed by atoms with E-state index in [1.54, 1.807) is 0 Å². The molecule has 0 aliphatic carbocycles. The standard InChI is InChI=1S/C11H19N3O4S/c1-3-13-7-4-10(15)14(11(13)16)8-5-12-6-9-19(2,17)18/h4,7,12H,3,5-6,8-9H2,1-2H3. The van der Waals surface area contributed by atoms with Gasteiger partial charge in [0, 0.05) is 44.7 Å². The maximum atomic E-state index is 11.8. The largest absolute Gasteiger partial charge is 0.330 e. The summed E-state index contributed by atoms with van der Waals surface area (Å²) >= 11 is 0. The van der Waals surface area contributed by atoms with E-state index in [0.717, 1.165) is 10.8 Å². The SMILES string of the molecule is CCn1ccc(=O)n(CCNCCS(C)(=O)=O)c1=O. The van der Waals surface area contributed by atoms with Gasteiger partial charge in [-0.25, -0.2) is 13.2 Å². The Hall–Kier alpha value is -1.41. The van der Waals surface area contributed by atoms with E-state index in [4.69, 9.17) is 0 Å². The summed E-state index contributed by atoms with van der Waals surface area (Å²) in [4.78, 5) is 23.4. The first-order valence-electron chi connectivity index (χ1n) is 6.04. The second kappa shape index (κ2) is 6.67. The summed E-state index contributed by atoms with van der Waals surface area (Å²) in [7, 11) is -2.99. The lowest BCUT2D eigenvalue weighted by Gasteiger charge is -2.08. The number of rotatable bonds is 7. The van der Waals surface area contributed by atoms with Crippen molar-refractivity contribution in [1.82, 2.24) is 14.5 Å². The highest BCUT2D eigenvalue weighted by atomic mass is 32.2. The summed E-state index contributed by atoms with van der Waals surface area (Å²) < 4.78 is 24.4. The molecule has 0 unspecified atom stereocenters. The van der Waals surface area contributed by atoms with Crippen LogP contribution in [0, 0.1) is 0 Å². The molecule has 1 heterocycles. The molecule has 0 radical (unpaired) electrons. The van der Waals surface area contributed by atoms with Gasteiger partial charge in [0.2, 0.25) is 0 Å². The third-order valence-corrected chi connectivity index (χ3v) is 3.59. The van der Waals surface area contributed by atoms with Crippen LogP contribution in [0.1, 0.15) is 6.92 Å². The number of aryl methyl sites for hydroxylation is 1. The van der Waals surface area contributed by atoms with Crippen LogP contribution in [0.2, 0.25) is 0 Å². The van der Waals surface area contributed by atoms with E-state index in [2.05, 4.69) is 5.32 Å². The van der Waals surface area contributed by atoms with Crippen molar-refractivity contribution in [1.29, 1.82) is 0 Å². The quantitative estimate of drug-likeness (QED) is 0.628. The van der Waals surface area contributed by atoms with E-state index in [9.17, 15) is 18.0 Å². The first-order valence-corrected chi connectivity index (χ1v) is 8.10. The lowest BCUT2D eigenvalue weighted by Crippen LogP contribution is -2.41. The Morgan fingerprint density at radius 3 is 2.53 bits per heavy atom. The first kappa shape index (κ1) is 15.6. The van der Waals surface area contributed by atoms with Gasteiger partial charge in [-0.15, -0.1) is 0 Å². The van der Waals surface area contributed by atoms with Crippen LogP contribution < -0.4 is 16.6 Å². The molecule has 7 nitrogen and oxygen atoms in total. The topological polar surface area (TPSA) is 90.2 Å². The lowest BCUT2D eigenvalue weighted by atomic mass is 10.5. The highest BCUT2D eigenvalue weighted by Gasteiger charge is 2.04. The summed E-state index contributed by atoms with van der Waals surface area (Å²) in [5.74, 6) is 0.0376. The van der Waals surface area contributed by atoms with Gasteiger partial charge in [-0.3, -0.25) is 9.36 Å². The summed E-state index contributed by atoms with van der Waals surface area (Å²) in [5.41, 5.74) is -0.695. The van der Waals surface area contributed by atoms with Crippen LogP contribution in [0.25, 0.3) is 0 Å². The van der Waals surface area contributed by atoms with E-state index in [1.807, 2.05) is 6.92 Å². The molecule has 1 aromatic rings. The maximum Gasteiger partial charge on any atom is 0.330 e. The Balaban J connectivity index is 2.59. The predicted octanol–water partition coefficient (Wildman–Crippen LogP) is -1.34. The molecule has 1 rings (SSSR count). The minimum atomic E-state index is -2.99. The van der Waals surface area contributed by atoms with Crippen molar-refractivity contribution in [3.8, 4) is 0 Å². The van der Waals surface area contributed by atoms with Crippen molar-refractivity contribution in [2.45, 2.75) is 20.0 Å². The van der Waals surface area contributed by atoms with Gasteiger partial charge in [0.25, 0.3) is 5.56 Å². The predicted molar refractivity (Wildman–Crippen MR) is 73.2 cm³/mol. The van der Waals surface area contributed by atoms with E-state index in [1.165, 1.54) is 16.8 Å². The van der Waals surface area contributed by atoms with E-state index >= 15 is 0 Å². The van der Waals surface area contributed by atoms with Crippen LogP contribution in [-0.2, 0) is 22.9 Å². The lowest BCUT2D eigenvalue weighted by molar-refractivity contribution is 0.536. The molecule has 1 N–H and O–H groups in total. The van der Waals surface area contributed by atoms with Crippen LogP contribution in [0.5, 0.6) is 0 Å². The van der Waals surface area contributed by atoms with Gasteiger partial charge in [0.05, 0.1) is 5.75 Å². The highest BCUT2D eigenvalue weighted by Crippen LogP contribution is 1.81. The Morgan fingerprint density at radius 1 is 1.26 bits per heavy atom. The third kappa shape index (κ3) is 4.99. The monoisotopic (exact) mass is 289 g/mol. The molecule has 0 saturated heterocycles. The normalized spacial score (nSPS) is 11.7. The molecule has 1 aromatic heterocycles. The van der Waals surface area contributed by atoms with Gasteiger partial charge in [0.15, 0.2) is 0 Å². The molecule has 0 aliphatic rings. The van der Waals surface area contributed by atoms with Gasteiger partial charge in [-0.05, 0) is 6.92 Å². The molecule has 0 aliphatic heterocycles. The molecule has 0 amide bonds. The molecule has 19 heavy (non-hydrogen) atoms. The zero-order valence-corrected chi connectivity index (χ0v) is 11.9. The molecule has 0 aromatic carbocycles. The van der Waals surface area contributed by atoms with Crippen molar-refractivity contribution in [3.05, 3.63) is 33.1 Å². The van der Waals surface area contributed by atoms with E-state index < -0.39 is 9.84 Å². The van der Waals surface area contributed by atoms with E-state index in [-0.39, 0.29) is 23.5 Å². The zero-order chi connectivity index (χ0) is 14.5. The van der Waals surface area contributed by atoms with Crippen LogP contribution in [0.4, 0.5) is 0 Å². The van der Waals surface area contributed by atoms with Gasteiger partial charge in [-0.1, -0.05) is 0 Å². The van der Waals surface area contributed by atoms with Crippen LogP contribution in [0.15, 0.2) is 21.9 Å². The van der Waals surface area contributed by atoms with Crippen LogP contribution in [0.3, 0.4) is 0 Å². The Labute approximate surface area is 111 Å². The van der Waals surface area contributed by atoms with Gasteiger partial charge < -0.3 is 9.88 Å². The fourth-order valence-electron chi connectivity index (χ4n) is 1.58. The number of sulfone groups is 1. The zero-order valence-electron chi connectivity index (χ0n) is 11.1. The molecular formula is C11H19N3O4S. The number of aromatic nitrogens is 2. The maximum absolute atomic E-state index is 11.8. The molecule has 108 valence electrons. The van der Waals surface area contributed by atoms with Gasteiger partial charge in [0.1, 0.15) is 9.84 Å². The summed E-state index contributed by atoms with van der Waals surface area (Å²) in [5, 5.41) is 2.90.